The van der Waals surface area contributed by atoms with Crippen LogP contribution in [0.5, 0.6) is 5.75 Å². The molecular formula is C21H22BrN3O. The maximum Gasteiger partial charge on any atom is 0.133 e. The Morgan fingerprint density at radius 3 is 2.69 bits per heavy atom. The van der Waals surface area contributed by atoms with Gasteiger partial charge in [-0.3, -0.25) is 0 Å². The molecule has 0 bridgehead atoms. The van der Waals surface area contributed by atoms with Crippen molar-refractivity contribution in [2.45, 2.75) is 26.2 Å². The number of aryl methyl sites for hydroxylation is 1. The van der Waals surface area contributed by atoms with E-state index in [2.05, 4.69) is 58.5 Å². The van der Waals surface area contributed by atoms with Crippen LogP contribution in [0.4, 0.5) is 5.82 Å². The second-order valence-electron chi connectivity index (χ2n) is 6.65. The van der Waals surface area contributed by atoms with Gasteiger partial charge in [0.25, 0.3) is 0 Å². The van der Waals surface area contributed by atoms with Crippen molar-refractivity contribution in [1.82, 2.24) is 9.78 Å². The number of nitrogens with zero attached hydrogens (tertiary/aromatic N) is 2. The molecule has 4 nitrogen and oxygen atoms in total. The highest BCUT2D eigenvalue weighted by molar-refractivity contribution is 9.10. The van der Waals surface area contributed by atoms with Gasteiger partial charge in [0.15, 0.2) is 0 Å². The van der Waals surface area contributed by atoms with Gasteiger partial charge in [-0.25, -0.2) is 4.68 Å². The lowest BCUT2D eigenvalue weighted by atomic mass is 10.0. The van der Waals surface area contributed by atoms with Gasteiger partial charge in [0.1, 0.15) is 17.3 Å². The normalized spacial score (nSPS) is 13.7. The smallest absolute Gasteiger partial charge is 0.133 e. The highest BCUT2D eigenvalue weighted by atomic mass is 79.9. The van der Waals surface area contributed by atoms with Gasteiger partial charge in [0.2, 0.25) is 0 Å². The summed E-state index contributed by atoms with van der Waals surface area (Å²) in [5, 5.41) is 8.60. The van der Waals surface area contributed by atoms with Gasteiger partial charge in [-0.15, -0.1) is 0 Å². The molecule has 1 aliphatic heterocycles. The van der Waals surface area contributed by atoms with E-state index in [1.165, 1.54) is 11.1 Å². The minimum absolute atomic E-state index is 0.841. The van der Waals surface area contributed by atoms with Crippen LogP contribution >= 0.6 is 15.9 Å². The number of rotatable bonds is 3. The molecule has 2 aromatic carbocycles. The molecule has 1 aromatic heterocycles. The fourth-order valence-corrected chi connectivity index (χ4v) is 3.82. The molecule has 0 saturated heterocycles. The summed E-state index contributed by atoms with van der Waals surface area (Å²) in [6.07, 6.45) is 3.33. The first-order valence-corrected chi connectivity index (χ1v) is 9.73. The summed E-state index contributed by atoms with van der Waals surface area (Å²) in [6.45, 7) is 3.07. The second-order valence-corrected chi connectivity index (χ2v) is 7.57. The summed E-state index contributed by atoms with van der Waals surface area (Å²) in [5.41, 5.74) is 5.59. The third-order valence-electron chi connectivity index (χ3n) is 4.82. The van der Waals surface area contributed by atoms with Crippen LogP contribution in [0, 0.1) is 6.92 Å². The maximum atomic E-state index is 5.62. The van der Waals surface area contributed by atoms with Crippen LogP contribution in [0.25, 0.3) is 16.9 Å². The Labute approximate surface area is 162 Å². The topological polar surface area (TPSA) is 39.1 Å². The molecule has 5 heteroatoms. The molecule has 1 aliphatic rings. The first-order chi connectivity index (χ1) is 12.7. The van der Waals surface area contributed by atoms with Gasteiger partial charge in [0, 0.05) is 22.1 Å². The van der Waals surface area contributed by atoms with Crippen molar-refractivity contribution >= 4 is 21.7 Å². The number of halogens is 1. The Morgan fingerprint density at radius 1 is 1.12 bits per heavy atom. The van der Waals surface area contributed by atoms with Crippen molar-refractivity contribution in [2.75, 3.05) is 19.0 Å². The minimum atomic E-state index is 0.841. The van der Waals surface area contributed by atoms with Crippen LogP contribution < -0.4 is 10.1 Å². The van der Waals surface area contributed by atoms with E-state index >= 15 is 0 Å². The van der Waals surface area contributed by atoms with E-state index in [4.69, 9.17) is 9.84 Å². The van der Waals surface area contributed by atoms with Crippen LogP contribution in [0.15, 0.2) is 46.9 Å². The predicted molar refractivity (Wildman–Crippen MR) is 109 cm³/mol. The fourth-order valence-electron chi connectivity index (χ4n) is 3.46. The molecule has 0 unspecified atom stereocenters. The molecule has 0 radical (unpaired) electrons. The largest absolute Gasteiger partial charge is 0.496 e. The molecule has 134 valence electrons. The van der Waals surface area contributed by atoms with Crippen molar-refractivity contribution < 1.29 is 4.74 Å². The molecule has 2 heterocycles. The number of anilines is 1. The molecule has 3 aromatic rings. The van der Waals surface area contributed by atoms with Gasteiger partial charge >= 0.3 is 0 Å². The monoisotopic (exact) mass is 411 g/mol. The molecule has 26 heavy (non-hydrogen) atoms. The summed E-state index contributed by atoms with van der Waals surface area (Å²) >= 11 is 3.59. The third kappa shape index (κ3) is 3.12. The Bertz CT molecular complexity index is 931. The lowest BCUT2D eigenvalue weighted by Crippen LogP contribution is -2.07. The SMILES string of the molecule is COc1ccc(Br)cc1-c1nn(-c2ccc(C)cc2)c2c1CCCCN2. The Kier molecular flexibility index (Phi) is 4.72. The van der Waals surface area contributed by atoms with E-state index < -0.39 is 0 Å². The first-order valence-electron chi connectivity index (χ1n) is 8.94. The zero-order valence-corrected chi connectivity index (χ0v) is 16.6. The minimum Gasteiger partial charge on any atom is -0.496 e. The van der Waals surface area contributed by atoms with E-state index in [-0.39, 0.29) is 0 Å². The average molecular weight is 412 g/mol. The number of methoxy groups -OCH3 is 1. The Hall–Kier alpha value is -2.27. The third-order valence-corrected chi connectivity index (χ3v) is 5.32. The first kappa shape index (κ1) is 17.2. The number of ether oxygens (including phenoxy) is 1. The van der Waals surface area contributed by atoms with Crippen LogP contribution in [0.3, 0.4) is 0 Å². The van der Waals surface area contributed by atoms with Crippen LogP contribution in [-0.2, 0) is 6.42 Å². The van der Waals surface area contributed by atoms with Gasteiger partial charge < -0.3 is 10.1 Å². The lowest BCUT2D eigenvalue weighted by Gasteiger charge is -2.09. The van der Waals surface area contributed by atoms with Gasteiger partial charge in [-0.2, -0.15) is 5.10 Å². The molecule has 0 aliphatic carbocycles. The summed E-state index contributed by atoms with van der Waals surface area (Å²) in [7, 11) is 1.71. The quantitative estimate of drug-likeness (QED) is 0.629. The maximum absolute atomic E-state index is 5.62. The van der Waals surface area contributed by atoms with E-state index in [1.807, 2.05) is 16.8 Å². The summed E-state index contributed by atoms with van der Waals surface area (Å²) < 4.78 is 8.68. The van der Waals surface area contributed by atoms with Crippen LogP contribution in [0.2, 0.25) is 0 Å². The number of nitrogens with one attached hydrogen (secondary N) is 1. The number of fused-ring (bicyclic) bond motifs is 1. The van der Waals surface area contributed by atoms with Crippen molar-refractivity contribution in [3.8, 4) is 22.7 Å². The molecule has 0 amide bonds. The fraction of sp³-hybridized carbons (Fsp3) is 0.286. The molecule has 4 rings (SSSR count). The Balaban J connectivity index is 1.93. The van der Waals surface area contributed by atoms with Gasteiger partial charge in [0.05, 0.1) is 12.8 Å². The molecule has 0 atom stereocenters. The average Bonchev–Trinajstić information content (AvgIpc) is 2.84. The number of benzene rings is 2. The second kappa shape index (κ2) is 7.16. The van der Waals surface area contributed by atoms with Crippen molar-refractivity contribution in [3.63, 3.8) is 0 Å². The standard InChI is InChI=1S/C21H22BrN3O/c1-14-6-9-16(10-7-14)25-21-17(5-3-4-12-23-21)20(24-25)18-13-15(22)8-11-19(18)26-2/h6-11,13,23H,3-5,12H2,1-2H3. The number of hydrogen-bond acceptors (Lipinski definition) is 3. The van der Waals surface area contributed by atoms with E-state index in [0.29, 0.717) is 0 Å². The van der Waals surface area contributed by atoms with Crippen LogP contribution in [-0.4, -0.2) is 23.4 Å². The van der Waals surface area contributed by atoms with Crippen molar-refractivity contribution in [3.05, 3.63) is 58.1 Å². The van der Waals surface area contributed by atoms with Crippen molar-refractivity contribution in [1.29, 1.82) is 0 Å². The zero-order chi connectivity index (χ0) is 18.1. The number of aromatic nitrogens is 2. The van der Waals surface area contributed by atoms with Gasteiger partial charge in [-0.1, -0.05) is 33.6 Å². The van der Waals surface area contributed by atoms with E-state index in [1.54, 1.807) is 7.11 Å². The highest BCUT2D eigenvalue weighted by Crippen LogP contribution is 2.39. The zero-order valence-electron chi connectivity index (χ0n) is 15.1. The lowest BCUT2D eigenvalue weighted by molar-refractivity contribution is 0.416. The van der Waals surface area contributed by atoms with Gasteiger partial charge in [-0.05, 0) is 56.5 Å². The molecule has 0 saturated carbocycles. The molecule has 1 N–H and O–H groups in total. The predicted octanol–water partition coefficient (Wildman–Crippen LogP) is 5.37. The molecule has 0 spiro atoms. The van der Waals surface area contributed by atoms with Crippen LogP contribution in [0.1, 0.15) is 24.0 Å². The van der Waals surface area contributed by atoms with Crippen molar-refractivity contribution in [2.24, 2.45) is 0 Å². The van der Waals surface area contributed by atoms with E-state index in [9.17, 15) is 0 Å². The summed E-state index contributed by atoms with van der Waals surface area (Å²) in [6, 6.07) is 14.6. The summed E-state index contributed by atoms with van der Waals surface area (Å²) in [5.74, 6) is 1.94. The summed E-state index contributed by atoms with van der Waals surface area (Å²) in [4.78, 5) is 0. The number of hydrogen-bond donors (Lipinski definition) is 1. The molecular weight excluding hydrogens is 390 g/mol. The Morgan fingerprint density at radius 2 is 1.92 bits per heavy atom. The molecule has 0 fully saturated rings. The van der Waals surface area contributed by atoms with E-state index in [0.717, 1.165) is 58.8 Å². The highest BCUT2D eigenvalue weighted by Gasteiger charge is 2.23.